The Bertz CT molecular complexity index is 385. The number of nitrogens with one attached hydrogen (secondary N) is 2. The monoisotopic (exact) mass is 272 g/mol. The summed E-state index contributed by atoms with van der Waals surface area (Å²) in [5.41, 5.74) is 3.11. The Balaban J connectivity index is 1.99. The Morgan fingerprint density at radius 1 is 1.22 bits per heavy atom. The highest BCUT2D eigenvalue weighted by Gasteiger charge is 2.12. The minimum Gasteiger partial charge on any atom is -0.379 e. The Hall–Kier alpha value is -1.18. The lowest BCUT2D eigenvalue weighted by molar-refractivity contribution is 0.0492. The van der Waals surface area contributed by atoms with Gasteiger partial charge in [0, 0.05) is 19.6 Å². The van der Waals surface area contributed by atoms with Crippen LogP contribution in [0.2, 0.25) is 5.28 Å². The van der Waals surface area contributed by atoms with Gasteiger partial charge >= 0.3 is 0 Å². The number of morpholine rings is 1. The van der Waals surface area contributed by atoms with Crippen LogP contribution in [0.15, 0.2) is 0 Å². The number of hydrogen-bond donors (Lipinski definition) is 2. The molecule has 0 amide bonds. The van der Waals surface area contributed by atoms with Crippen molar-refractivity contribution < 1.29 is 4.74 Å². The van der Waals surface area contributed by atoms with E-state index in [1.165, 1.54) is 0 Å². The number of nitrogens with zero attached hydrogens (tertiary/aromatic N) is 4. The van der Waals surface area contributed by atoms with E-state index in [1.54, 1.807) is 0 Å². The lowest BCUT2D eigenvalue weighted by Crippen LogP contribution is -2.40. The summed E-state index contributed by atoms with van der Waals surface area (Å²) in [6, 6.07) is 0. The second-order valence-corrected chi connectivity index (χ2v) is 4.23. The van der Waals surface area contributed by atoms with Crippen molar-refractivity contribution >= 4 is 23.5 Å². The van der Waals surface area contributed by atoms with E-state index in [1.807, 2.05) is 5.01 Å². The number of hydrazine groups is 1. The summed E-state index contributed by atoms with van der Waals surface area (Å²) in [5, 5.41) is 5.26. The summed E-state index contributed by atoms with van der Waals surface area (Å²) < 4.78 is 5.26. The molecule has 18 heavy (non-hydrogen) atoms. The van der Waals surface area contributed by atoms with Crippen molar-refractivity contribution in [2.24, 2.45) is 0 Å². The van der Waals surface area contributed by atoms with E-state index in [-0.39, 0.29) is 5.28 Å². The van der Waals surface area contributed by atoms with Crippen LogP contribution in [0.3, 0.4) is 0 Å². The molecule has 1 aromatic heterocycles. The number of aromatic nitrogens is 3. The molecule has 0 atom stereocenters. The minimum atomic E-state index is 0.180. The van der Waals surface area contributed by atoms with Crippen molar-refractivity contribution in [1.29, 1.82) is 0 Å². The summed E-state index contributed by atoms with van der Waals surface area (Å²) in [4.78, 5) is 12.3. The molecule has 1 aromatic rings. The molecule has 0 aliphatic carbocycles. The van der Waals surface area contributed by atoms with Gasteiger partial charge in [-0.05, 0) is 18.0 Å². The lowest BCUT2D eigenvalue weighted by Gasteiger charge is -2.26. The molecule has 0 spiro atoms. The van der Waals surface area contributed by atoms with Gasteiger partial charge in [-0.2, -0.15) is 15.0 Å². The van der Waals surface area contributed by atoms with E-state index in [4.69, 9.17) is 16.3 Å². The second-order valence-electron chi connectivity index (χ2n) is 3.89. The molecule has 1 aliphatic heterocycles. The maximum atomic E-state index is 5.86. The molecular formula is C10H17ClN6O. The van der Waals surface area contributed by atoms with Crippen molar-refractivity contribution in [1.82, 2.24) is 20.0 Å². The Morgan fingerprint density at radius 3 is 2.67 bits per heavy atom. The summed E-state index contributed by atoms with van der Waals surface area (Å²) in [6.07, 6.45) is 0.996. The van der Waals surface area contributed by atoms with Crippen LogP contribution in [0.4, 0.5) is 11.9 Å². The molecule has 1 saturated heterocycles. The van der Waals surface area contributed by atoms with Gasteiger partial charge in [0.1, 0.15) is 0 Å². The van der Waals surface area contributed by atoms with Crippen LogP contribution in [-0.4, -0.2) is 52.8 Å². The van der Waals surface area contributed by atoms with E-state index in [0.29, 0.717) is 25.1 Å². The number of ether oxygens (including phenoxy) is 1. The Labute approximate surface area is 111 Å². The SMILES string of the molecule is CCCNc1nc(Cl)nc(NN2CCOCC2)n1. The largest absolute Gasteiger partial charge is 0.379 e. The van der Waals surface area contributed by atoms with Crippen molar-refractivity contribution in [3.05, 3.63) is 5.28 Å². The lowest BCUT2D eigenvalue weighted by atomic mass is 10.5. The van der Waals surface area contributed by atoms with Crippen LogP contribution >= 0.6 is 11.6 Å². The molecule has 0 radical (unpaired) electrons. The number of anilines is 2. The predicted octanol–water partition coefficient (Wildman–Crippen LogP) is 1.01. The highest BCUT2D eigenvalue weighted by molar-refractivity contribution is 6.28. The van der Waals surface area contributed by atoms with Crippen molar-refractivity contribution in [3.63, 3.8) is 0 Å². The Kier molecular flexibility index (Phi) is 4.91. The van der Waals surface area contributed by atoms with Gasteiger partial charge in [0.25, 0.3) is 0 Å². The zero-order valence-electron chi connectivity index (χ0n) is 10.3. The topological polar surface area (TPSA) is 75.2 Å². The normalized spacial score (nSPS) is 16.6. The molecule has 0 unspecified atom stereocenters. The molecule has 2 N–H and O–H groups in total. The molecule has 1 fully saturated rings. The molecule has 0 saturated carbocycles. The quantitative estimate of drug-likeness (QED) is 0.828. The first kappa shape index (κ1) is 13.3. The number of halogens is 1. The van der Waals surface area contributed by atoms with Gasteiger partial charge in [-0.25, -0.2) is 5.01 Å². The zero-order valence-corrected chi connectivity index (χ0v) is 11.1. The van der Waals surface area contributed by atoms with Gasteiger partial charge in [-0.3, -0.25) is 5.43 Å². The molecule has 100 valence electrons. The predicted molar refractivity (Wildman–Crippen MR) is 69.6 cm³/mol. The summed E-state index contributed by atoms with van der Waals surface area (Å²) in [6.45, 7) is 5.86. The Morgan fingerprint density at radius 2 is 1.94 bits per heavy atom. The standard InChI is InChI=1S/C10H17ClN6O/c1-2-3-12-9-13-8(11)14-10(15-9)16-17-4-6-18-7-5-17/h2-7H2,1H3,(H2,12,13,14,15,16). The van der Waals surface area contributed by atoms with Gasteiger partial charge in [0.2, 0.25) is 17.2 Å². The first-order valence-corrected chi connectivity index (χ1v) is 6.40. The number of hydrogen-bond acceptors (Lipinski definition) is 7. The van der Waals surface area contributed by atoms with Crippen molar-refractivity contribution in [3.8, 4) is 0 Å². The highest BCUT2D eigenvalue weighted by Crippen LogP contribution is 2.10. The van der Waals surface area contributed by atoms with Gasteiger partial charge in [-0.1, -0.05) is 6.92 Å². The van der Waals surface area contributed by atoms with Crippen LogP contribution in [-0.2, 0) is 4.74 Å². The van der Waals surface area contributed by atoms with Gasteiger partial charge in [-0.15, -0.1) is 0 Å². The maximum Gasteiger partial charge on any atom is 0.243 e. The van der Waals surface area contributed by atoms with E-state index in [9.17, 15) is 0 Å². The number of rotatable bonds is 5. The maximum absolute atomic E-state index is 5.86. The first-order valence-electron chi connectivity index (χ1n) is 6.02. The molecule has 2 rings (SSSR count). The molecule has 8 heteroatoms. The van der Waals surface area contributed by atoms with Crippen molar-refractivity contribution in [2.45, 2.75) is 13.3 Å². The van der Waals surface area contributed by atoms with Crippen molar-refractivity contribution in [2.75, 3.05) is 43.6 Å². The first-order chi connectivity index (χ1) is 8.78. The van der Waals surface area contributed by atoms with Crippen LogP contribution in [0.5, 0.6) is 0 Å². The molecule has 0 aromatic carbocycles. The van der Waals surface area contributed by atoms with E-state index < -0.39 is 0 Å². The fourth-order valence-corrected chi connectivity index (χ4v) is 1.69. The molecule has 7 nitrogen and oxygen atoms in total. The van der Waals surface area contributed by atoms with Crippen LogP contribution in [0, 0.1) is 0 Å². The van der Waals surface area contributed by atoms with Gasteiger partial charge in [0.05, 0.1) is 13.2 Å². The zero-order chi connectivity index (χ0) is 12.8. The van der Waals surface area contributed by atoms with Gasteiger partial charge < -0.3 is 10.1 Å². The third kappa shape index (κ3) is 3.94. The fourth-order valence-electron chi connectivity index (χ4n) is 1.53. The molecule has 0 bridgehead atoms. The average Bonchev–Trinajstić information content (AvgIpc) is 2.37. The van der Waals surface area contributed by atoms with Gasteiger partial charge in [0.15, 0.2) is 0 Å². The second kappa shape index (κ2) is 6.67. The molecular weight excluding hydrogens is 256 g/mol. The van der Waals surface area contributed by atoms with E-state index in [2.05, 4.69) is 32.6 Å². The van der Waals surface area contributed by atoms with E-state index in [0.717, 1.165) is 26.1 Å². The van der Waals surface area contributed by atoms with Crippen LogP contribution in [0.1, 0.15) is 13.3 Å². The van der Waals surface area contributed by atoms with E-state index >= 15 is 0 Å². The summed E-state index contributed by atoms with van der Waals surface area (Å²) in [7, 11) is 0. The smallest absolute Gasteiger partial charge is 0.243 e. The minimum absolute atomic E-state index is 0.180. The van der Waals surface area contributed by atoms with Crippen LogP contribution in [0.25, 0.3) is 0 Å². The summed E-state index contributed by atoms with van der Waals surface area (Å²) >= 11 is 5.86. The molecule has 1 aliphatic rings. The van der Waals surface area contributed by atoms with Crippen LogP contribution < -0.4 is 10.7 Å². The third-order valence-corrected chi connectivity index (χ3v) is 2.58. The fraction of sp³-hybridized carbons (Fsp3) is 0.700. The molecule has 2 heterocycles. The highest BCUT2D eigenvalue weighted by atomic mass is 35.5. The summed E-state index contributed by atoms with van der Waals surface area (Å²) in [5.74, 6) is 0.947. The average molecular weight is 273 g/mol. The third-order valence-electron chi connectivity index (χ3n) is 2.41.